The molecule has 186 valence electrons. The van der Waals surface area contributed by atoms with Gasteiger partial charge in [0.2, 0.25) is 0 Å². The number of carbonyl (C=O) groups is 1. The summed E-state index contributed by atoms with van der Waals surface area (Å²) in [6.07, 6.45) is 1.81. The Hall–Kier alpha value is -2.98. The molecular formula is C25H29F2N5O2S. The van der Waals surface area contributed by atoms with Gasteiger partial charge in [-0.05, 0) is 56.4 Å². The van der Waals surface area contributed by atoms with Crippen LogP contribution in [0.2, 0.25) is 0 Å². The second kappa shape index (κ2) is 10.7. The van der Waals surface area contributed by atoms with E-state index in [9.17, 15) is 18.7 Å². The lowest BCUT2D eigenvalue weighted by molar-refractivity contribution is -0.143. The fourth-order valence-corrected chi connectivity index (χ4v) is 5.74. The van der Waals surface area contributed by atoms with Crippen molar-refractivity contribution < 1.29 is 18.7 Å². The monoisotopic (exact) mass is 501 g/mol. The summed E-state index contributed by atoms with van der Waals surface area (Å²) in [4.78, 5) is 18.6. The van der Waals surface area contributed by atoms with E-state index >= 15 is 0 Å². The summed E-state index contributed by atoms with van der Waals surface area (Å²) in [6, 6.07) is 12.4. The molecule has 0 aliphatic carbocycles. The van der Waals surface area contributed by atoms with Gasteiger partial charge in [0.1, 0.15) is 27.7 Å². The highest BCUT2D eigenvalue weighted by Crippen LogP contribution is 2.50. The topological polar surface area (TPSA) is 94.5 Å². The van der Waals surface area contributed by atoms with Gasteiger partial charge in [0.15, 0.2) is 5.96 Å². The number of hydrogen-bond donors (Lipinski definition) is 2. The van der Waals surface area contributed by atoms with E-state index in [-0.39, 0.29) is 10.6 Å². The number of nitrogens with two attached hydrogens (primary N) is 1. The quantitative estimate of drug-likeness (QED) is 0.343. The minimum atomic E-state index is -1.33. The Labute approximate surface area is 207 Å². The first-order valence-electron chi connectivity index (χ1n) is 11.7. The van der Waals surface area contributed by atoms with Gasteiger partial charge in [-0.25, -0.2) is 13.8 Å². The fraction of sp³-hybridized carbons (Fsp3) is 0.400. The van der Waals surface area contributed by atoms with Gasteiger partial charge >= 0.3 is 0 Å². The molecule has 7 nitrogen and oxygen atoms in total. The van der Waals surface area contributed by atoms with Crippen LogP contribution in [0.4, 0.5) is 8.78 Å². The maximum Gasteiger partial charge on any atom is 0.272 e. The molecule has 2 unspecified atom stereocenters. The number of aliphatic hydroxyl groups excluding tert-OH is 1. The predicted octanol–water partition coefficient (Wildman–Crippen LogP) is 3.63. The van der Waals surface area contributed by atoms with Crippen LogP contribution in [-0.4, -0.2) is 57.7 Å². The van der Waals surface area contributed by atoms with E-state index in [1.165, 1.54) is 23.7 Å². The van der Waals surface area contributed by atoms with E-state index < -0.39 is 28.5 Å². The van der Waals surface area contributed by atoms with E-state index in [0.717, 1.165) is 49.7 Å². The Morgan fingerprint density at radius 1 is 1.23 bits per heavy atom. The largest absolute Gasteiger partial charge is 0.383 e. The number of aliphatic hydroxyl groups is 1. The average molecular weight is 502 g/mol. The zero-order chi connectivity index (χ0) is 25.0. The van der Waals surface area contributed by atoms with Crippen molar-refractivity contribution in [1.29, 1.82) is 0 Å². The average Bonchev–Trinajstić information content (AvgIpc) is 3.52. The lowest BCUT2D eigenvalue weighted by Gasteiger charge is -2.36. The molecule has 0 aromatic heterocycles. The van der Waals surface area contributed by atoms with Crippen molar-refractivity contribution in [2.45, 2.75) is 43.6 Å². The van der Waals surface area contributed by atoms with Crippen molar-refractivity contribution in [2.24, 2.45) is 15.8 Å². The number of rotatable bonds is 7. The van der Waals surface area contributed by atoms with E-state index in [4.69, 9.17) is 5.73 Å². The normalized spacial score (nSPS) is 21.4. The SMILES string of the molecule is CC(O)C(=O)N1N=C(c2cc(F)ccc2F)SC1(CCCN=C(N)N1CCCC1)c1ccccc1. The third-order valence-electron chi connectivity index (χ3n) is 6.13. The van der Waals surface area contributed by atoms with Crippen LogP contribution in [0.1, 0.15) is 43.7 Å². The molecule has 2 aliphatic rings. The smallest absolute Gasteiger partial charge is 0.272 e. The lowest BCUT2D eigenvalue weighted by atomic mass is 10.00. The van der Waals surface area contributed by atoms with Crippen LogP contribution >= 0.6 is 11.8 Å². The van der Waals surface area contributed by atoms with Gasteiger partial charge in [0, 0.05) is 25.2 Å². The van der Waals surface area contributed by atoms with Crippen molar-refractivity contribution in [3.8, 4) is 0 Å². The first kappa shape index (κ1) is 25.1. The van der Waals surface area contributed by atoms with Crippen molar-refractivity contribution in [2.75, 3.05) is 19.6 Å². The van der Waals surface area contributed by atoms with E-state index in [1.807, 2.05) is 30.3 Å². The van der Waals surface area contributed by atoms with E-state index in [2.05, 4.69) is 15.0 Å². The second-order valence-corrected chi connectivity index (χ2v) is 9.91. The molecule has 35 heavy (non-hydrogen) atoms. The maximum atomic E-state index is 14.7. The predicted molar refractivity (Wildman–Crippen MR) is 134 cm³/mol. The number of hydrogen-bond acceptors (Lipinski definition) is 5. The Morgan fingerprint density at radius 2 is 1.94 bits per heavy atom. The van der Waals surface area contributed by atoms with Crippen LogP contribution in [0.15, 0.2) is 58.6 Å². The third kappa shape index (κ3) is 5.33. The number of halogens is 2. The Kier molecular flexibility index (Phi) is 7.71. The molecule has 0 spiro atoms. The van der Waals surface area contributed by atoms with Gasteiger partial charge in [-0.15, -0.1) is 0 Å². The number of aliphatic imine (C=N–C) groups is 1. The molecule has 2 atom stereocenters. The highest BCUT2D eigenvalue weighted by Gasteiger charge is 2.49. The first-order chi connectivity index (χ1) is 16.8. The molecule has 10 heteroatoms. The minimum absolute atomic E-state index is 0.0347. The van der Waals surface area contributed by atoms with Crippen molar-refractivity contribution in [3.63, 3.8) is 0 Å². The molecular weight excluding hydrogens is 472 g/mol. The minimum Gasteiger partial charge on any atom is -0.383 e. The Bertz CT molecular complexity index is 1120. The number of amides is 1. The van der Waals surface area contributed by atoms with Crippen LogP contribution in [0, 0.1) is 11.6 Å². The summed E-state index contributed by atoms with van der Waals surface area (Å²) in [5.41, 5.74) is 6.86. The lowest BCUT2D eigenvalue weighted by Crippen LogP contribution is -2.45. The molecule has 0 radical (unpaired) electrons. The number of guanidine groups is 1. The number of hydrazone groups is 1. The second-order valence-electron chi connectivity index (χ2n) is 8.65. The molecule has 4 rings (SSSR count). The number of likely N-dealkylation sites (tertiary alicyclic amines) is 1. The van der Waals surface area contributed by atoms with Crippen LogP contribution in [0.25, 0.3) is 0 Å². The van der Waals surface area contributed by atoms with Crippen LogP contribution in [0.3, 0.4) is 0 Å². The standard InChI is InChI=1S/C25H29F2N5O2S/c1-17(33)23(34)32-25(18-8-3-2-4-9-18,12-7-13-29-24(28)31-14-5-6-15-31)35-22(30-32)20-16-19(26)10-11-21(20)27/h2-4,8-11,16-17,33H,5-7,12-15H2,1H3,(H2,28,29). The molecule has 2 aromatic carbocycles. The molecule has 0 saturated carbocycles. The fourth-order valence-electron chi connectivity index (χ4n) is 4.31. The van der Waals surface area contributed by atoms with Crippen LogP contribution in [-0.2, 0) is 9.67 Å². The summed E-state index contributed by atoms with van der Waals surface area (Å²) in [7, 11) is 0. The first-order valence-corrected chi connectivity index (χ1v) is 12.5. The van der Waals surface area contributed by atoms with Crippen molar-refractivity contribution >= 4 is 28.7 Å². The zero-order valence-corrected chi connectivity index (χ0v) is 20.3. The summed E-state index contributed by atoms with van der Waals surface area (Å²) < 4.78 is 28.6. The van der Waals surface area contributed by atoms with Gasteiger partial charge in [-0.3, -0.25) is 9.79 Å². The molecule has 1 amide bonds. The van der Waals surface area contributed by atoms with E-state index in [1.54, 1.807) is 0 Å². The van der Waals surface area contributed by atoms with Gasteiger partial charge in [0.05, 0.1) is 0 Å². The molecule has 3 N–H and O–H groups in total. The highest BCUT2D eigenvalue weighted by molar-refractivity contribution is 8.15. The molecule has 1 fully saturated rings. The Balaban J connectivity index is 1.67. The Morgan fingerprint density at radius 3 is 2.63 bits per heavy atom. The molecule has 0 bridgehead atoms. The summed E-state index contributed by atoms with van der Waals surface area (Å²) in [5, 5.41) is 15.9. The summed E-state index contributed by atoms with van der Waals surface area (Å²) in [6.45, 7) is 3.58. The third-order valence-corrected chi connectivity index (χ3v) is 7.57. The molecule has 2 aromatic rings. The molecule has 2 heterocycles. The maximum absolute atomic E-state index is 14.7. The van der Waals surface area contributed by atoms with E-state index in [0.29, 0.717) is 25.3 Å². The van der Waals surface area contributed by atoms with Gasteiger partial charge in [-0.1, -0.05) is 42.1 Å². The van der Waals surface area contributed by atoms with Gasteiger partial charge in [-0.2, -0.15) is 5.10 Å². The number of nitrogens with zero attached hydrogens (tertiary/aromatic N) is 4. The number of benzene rings is 2. The summed E-state index contributed by atoms with van der Waals surface area (Å²) in [5.74, 6) is -1.38. The van der Waals surface area contributed by atoms with Gasteiger partial charge < -0.3 is 15.7 Å². The molecule has 1 saturated heterocycles. The van der Waals surface area contributed by atoms with Crippen LogP contribution in [0.5, 0.6) is 0 Å². The number of thioether (sulfide) groups is 1. The van der Waals surface area contributed by atoms with Crippen molar-refractivity contribution in [3.05, 3.63) is 71.3 Å². The molecule has 2 aliphatic heterocycles. The van der Waals surface area contributed by atoms with Crippen LogP contribution < -0.4 is 5.73 Å². The number of carbonyl (C=O) groups excluding carboxylic acids is 1. The highest BCUT2D eigenvalue weighted by atomic mass is 32.2. The van der Waals surface area contributed by atoms with Crippen molar-refractivity contribution in [1.82, 2.24) is 9.91 Å². The zero-order valence-electron chi connectivity index (χ0n) is 19.5. The summed E-state index contributed by atoms with van der Waals surface area (Å²) >= 11 is 1.17. The van der Waals surface area contributed by atoms with Gasteiger partial charge in [0.25, 0.3) is 5.91 Å².